The van der Waals surface area contributed by atoms with Crippen LogP contribution in [0, 0.1) is 0 Å². The molecular weight excluding hydrogens is 208 g/mol. The topological polar surface area (TPSA) is 73.5 Å². The summed E-state index contributed by atoms with van der Waals surface area (Å²) in [5.41, 5.74) is 0. The van der Waals surface area contributed by atoms with Crippen LogP contribution in [-0.4, -0.2) is 62.0 Å². The maximum absolute atomic E-state index is 12.1. The zero-order chi connectivity index (χ0) is 11.4. The lowest BCUT2D eigenvalue weighted by Gasteiger charge is -2.29. The van der Waals surface area contributed by atoms with Crippen LogP contribution in [0.15, 0.2) is 0 Å². The van der Waals surface area contributed by atoms with Crippen molar-refractivity contribution < 1.29 is 9.59 Å². The Balaban J connectivity index is 1.93. The normalized spacial score (nSPS) is 27.1. The lowest BCUT2D eigenvalue weighted by atomic mass is 10.2. The molecule has 0 aromatic rings. The first kappa shape index (κ1) is 11.3. The largest absolute Gasteiger partial charge is 0.354 e. The fourth-order valence-corrected chi connectivity index (χ4v) is 2.04. The van der Waals surface area contributed by atoms with Gasteiger partial charge in [-0.1, -0.05) is 0 Å². The molecule has 2 aliphatic rings. The van der Waals surface area contributed by atoms with E-state index in [9.17, 15) is 9.59 Å². The summed E-state index contributed by atoms with van der Waals surface area (Å²) >= 11 is 0. The molecule has 2 rings (SSSR count). The summed E-state index contributed by atoms with van der Waals surface area (Å²) in [7, 11) is 0. The van der Waals surface area contributed by atoms with Gasteiger partial charge in [-0.2, -0.15) is 0 Å². The summed E-state index contributed by atoms with van der Waals surface area (Å²) in [4.78, 5) is 25.1. The van der Waals surface area contributed by atoms with Crippen molar-refractivity contribution in [1.29, 1.82) is 0 Å². The minimum absolute atomic E-state index is 0.0317. The number of hydrogen-bond acceptors (Lipinski definition) is 4. The van der Waals surface area contributed by atoms with Crippen LogP contribution in [-0.2, 0) is 9.59 Å². The van der Waals surface area contributed by atoms with Crippen molar-refractivity contribution in [2.24, 2.45) is 0 Å². The van der Waals surface area contributed by atoms with E-state index < -0.39 is 0 Å². The third kappa shape index (κ3) is 2.70. The molecule has 0 saturated carbocycles. The number of nitrogens with one attached hydrogen (secondary N) is 3. The standard InChI is InChI=1S/C10H18N4O2/c15-9-7-14(5-1-2-13-9)10(16)8-6-11-3-4-12-8/h8,11-12H,1-7H2,(H,13,15). The summed E-state index contributed by atoms with van der Waals surface area (Å²) < 4.78 is 0. The second-order valence-corrected chi connectivity index (χ2v) is 4.17. The molecule has 90 valence electrons. The second-order valence-electron chi connectivity index (χ2n) is 4.17. The third-order valence-corrected chi connectivity index (χ3v) is 2.91. The molecule has 0 aromatic carbocycles. The molecule has 2 saturated heterocycles. The highest BCUT2D eigenvalue weighted by molar-refractivity contribution is 5.88. The molecule has 16 heavy (non-hydrogen) atoms. The average molecular weight is 226 g/mol. The van der Waals surface area contributed by atoms with Gasteiger partial charge in [0, 0.05) is 32.7 Å². The smallest absolute Gasteiger partial charge is 0.241 e. The molecule has 0 aromatic heterocycles. The van der Waals surface area contributed by atoms with Gasteiger partial charge >= 0.3 is 0 Å². The molecular formula is C10H18N4O2. The van der Waals surface area contributed by atoms with Crippen LogP contribution in [0.3, 0.4) is 0 Å². The van der Waals surface area contributed by atoms with Crippen LogP contribution in [0.1, 0.15) is 6.42 Å². The van der Waals surface area contributed by atoms with E-state index in [1.54, 1.807) is 4.90 Å². The van der Waals surface area contributed by atoms with E-state index >= 15 is 0 Å². The first-order valence-corrected chi connectivity index (χ1v) is 5.77. The van der Waals surface area contributed by atoms with E-state index in [1.165, 1.54) is 0 Å². The van der Waals surface area contributed by atoms with Gasteiger partial charge < -0.3 is 20.9 Å². The van der Waals surface area contributed by atoms with Gasteiger partial charge in [-0.25, -0.2) is 0 Å². The molecule has 1 unspecified atom stereocenters. The highest BCUT2D eigenvalue weighted by atomic mass is 16.2. The summed E-state index contributed by atoms with van der Waals surface area (Å²) in [6.45, 7) is 3.86. The number of nitrogens with zero attached hydrogens (tertiary/aromatic N) is 1. The predicted octanol–water partition coefficient (Wildman–Crippen LogP) is -2.10. The molecule has 0 bridgehead atoms. The van der Waals surface area contributed by atoms with E-state index in [2.05, 4.69) is 16.0 Å². The van der Waals surface area contributed by atoms with Crippen molar-refractivity contribution in [2.45, 2.75) is 12.5 Å². The van der Waals surface area contributed by atoms with Crippen molar-refractivity contribution in [3.05, 3.63) is 0 Å². The third-order valence-electron chi connectivity index (χ3n) is 2.91. The Morgan fingerprint density at radius 3 is 2.94 bits per heavy atom. The van der Waals surface area contributed by atoms with E-state index in [0.717, 1.165) is 19.5 Å². The predicted molar refractivity (Wildman–Crippen MR) is 58.9 cm³/mol. The summed E-state index contributed by atoms with van der Waals surface area (Å²) in [6.07, 6.45) is 0.831. The van der Waals surface area contributed by atoms with Gasteiger partial charge in [0.15, 0.2) is 0 Å². The van der Waals surface area contributed by atoms with Crippen molar-refractivity contribution in [2.75, 3.05) is 39.3 Å². The highest BCUT2D eigenvalue weighted by Gasteiger charge is 2.27. The van der Waals surface area contributed by atoms with E-state index in [4.69, 9.17) is 0 Å². The van der Waals surface area contributed by atoms with Crippen molar-refractivity contribution in [1.82, 2.24) is 20.9 Å². The van der Waals surface area contributed by atoms with Crippen molar-refractivity contribution in [3.8, 4) is 0 Å². The molecule has 1 atom stereocenters. The number of carbonyl (C=O) groups excluding carboxylic acids is 2. The lowest BCUT2D eigenvalue weighted by molar-refractivity contribution is -0.137. The zero-order valence-corrected chi connectivity index (χ0v) is 9.29. The van der Waals surface area contributed by atoms with Crippen LogP contribution in [0.25, 0.3) is 0 Å². The SMILES string of the molecule is O=C1CN(C(=O)C2CNCCN2)CCCN1. The number of piperazine rings is 1. The molecule has 0 spiro atoms. The summed E-state index contributed by atoms with van der Waals surface area (Å²) in [6, 6.07) is -0.181. The molecule has 2 aliphatic heterocycles. The average Bonchev–Trinajstić information content (AvgIpc) is 2.54. The van der Waals surface area contributed by atoms with E-state index in [-0.39, 0.29) is 24.4 Å². The molecule has 3 N–H and O–H groups in total. The van der Waals surface area contributed by atoms with Crippen molar-refractivity contribution >= 4 is 11.8 Å². The number of hydrogen-bond donors (Lipinski definition) is 3. The van der Waals surface area contributed by atoms with E-state index in [0.29, 0.717) is 19.6 Å². The lowest BCUT2D eigenvalue weighted by Crippen LogP contribution is -2.57. The molecule has 2 amide bonds. The quantitative estimate of drug-likeness (QED) is 0.479. The minimum atomic E-state index is -0.181. The van der Waals surface area contributed by atoms with Gasteiger partial charge in [0.25, 0.3) is 0 Å². The molecule has 2 heterocycles. The fourth-order valence-electron chi connectivity index (χ4n) is 2.04. The number of rotatable bonds is 1. The maximum Gasteiger partial charge on any atom is 0.241 e. The number of amides is 2. The van der Waals surface area contributed by atoms with Gasteiger partial charge in [-0.15, -0.1) is 0 Å². The van der Waals surface area contributed by atoms with Crippen LogP contribution in [0.2, 0.25) is 0 Å². The van der Waals surface area contributed by atoms with Crippen LogP contribution in [0.5, 0.6) is 0 Å². The van der Waals surface area contributed by atoms with Crippen LogP contribution in [0.4, 0.5) is 0 Å². The maximum atomic E-state index is 12.1. The van der Waals surface area contributed by atoms with Gasteiger partial charge in [-0.3, -0.25) is 9.59 Å². The molecule has 6 nitrogen and oxygen atoms in total. The Morgan fingerprint density at radius 1 is 1.31 bits per heavy atom. The van der Waals surface area contributed by atoms with E-state index in [1.807, 2.05) is 0 Å². The Hall–Kier alpha value is -1.14. The van der Waals surface area contributed by atoms with Crippen molar-refractivity contribution in [3.63, 3.8) is 0 Å². The first-order valence-electron chi connectivity index (χ1n) is 5.77. The molecule has 2 fully saturated rings. The monoisotopic (exact) mass is 226 g/mol. The van der Waals surface area contributed by atoms with Gasteiger partial charge in [0.1, 0.15) is 0 Å². The molecule has 6 heteroatoms. The summed E-state index contributed by atoms with van der Waals surface area (Å²) in [5.74, 6) is -0.0288. The summed E-state index contributed by atoms with van der Waals surface area (Å²) in [5, 5.41) is 9.10. The Bertz CT molecular complexity index is 276. The second kappa shape index (κ2) is 5.27. The van der Waals surface area contributed by atoms with Gasteiger partial charge in [0.2, 0.25) is 11.8 Å². The Morgan fingerprint density at radius 2 is 2.19 bits per heavy atom. The molecule has 0 radical (unpaired) electrons. The highest BCUT2D eigenvalue weighted by Crippen LogP contribution is 2.01. The Labute approximate surface area is 94.7 Å². The fraction of sp³-hybridized carbons (Fsp3) is 0.800. The number of carbonyl (C=O) groups is 2. The van der Waals surface area contributed by atoms with Gasteiger partial charge in [-0.05, 0) is 6.42 Å². The zero-order valence-electron chi connectivity index (χ0n) is 9.29. The molecule has 0 aliphatic carbocycles. The first-order chi connectivity index (χ1) is 7.77. The van der Waals surface area contributed by atoms with Gasteiger partial charge in [0.05, 0.1) is 12.6 Å². The Kier molecular flexibility index (Phi) is 3.74. The minimum Gasteiger partial charge on any atom is -0.354 e. The van der Waals surface area contributed by atoms with Crippen LogP contribution < -0.4 is 16.0 Å². The van der Waals surface area contributed by atoms with Crippen LogP contribution >= 0.6 is 0 Å².